The maximum Gasteiger partial charge on any atom is 0.310 e. The fourth-order valence-corrected chi connectivity index (χ4v) is 4.90. The molecule has 0 radical (unpaired) electrons. The summed E-state index contributed by atoms with van der Waals surface area (Å²) in [5, 5.41) is 8.65. The van der Waals surface area contributed by atoms with Gasteiger partial charge in [-0.1, -0.05) is 19.8 Å². The van der Waals surface area contributed by atoms with E-state index in [1.54, 1.807) is 0 Å². The van der Waals surface area contributed by atoms with Crippen molar-refractivity contribution >= 4 is 15.8 Å². The molecule has 0 aliphatic heterocycles. The van der Waals surface area contributed by atoms with E-state index in [0.29, 0.717) is 18.8 Å². The first-order chi connectivity index (χ1) is 7.65. The molecule has 17 heavy (non-hydrogen) atoms. The summed E-state index contributed by atoms with van der Waals surface area (Å²) in [4.78, 5) is 11.0. The number of rotatable bonds is 4. The minimum atomic E-state index is -3.30. The summed E-state index contributed by atoms with van der Waals surface area (Å²) in [5.41, 5.74) is -1.19. The summed E-state index contributed by atoms with van der Waals surface area (Å²) in [5.74, 6) is -0.881. The summed E-state index contributed by atoms with van der Waals surface area (Å²) in [6.07, 6.45) is 3.37. The van der Waals surface area contributed by atoms with E-state index >= 15 is 0 Å². The fraction of sp³-hybridized carbons (Fsp3) is 0.917. The van der Waals surface area contributed by atoms with E-state index in [4.69, 9.17) is 5.11 Å². The molecule has 0 heterocycles. The molecule has 0 bridgehead atoms. The third-order valence-corrected chi connectivity index (χ3v) is 6.11. The molecule has 0 saturated heterocycles. The quantitative estimate of drug-likeness (QED) is 0.842. The van der Waals surface area contributed by atoms with Gasteiger partial charge < -0.3 is 5.11 Å². The number of hydrogen-bond acceptors (Lipinski definition) is 3. The Bertz CT molecular complexity index is 383. The number of carboxylic acids is 1. The van der Waals surface area contributed by atoms with Crippen molar-refractivity contribution in [2.75, 3.05) is 5.75 Å². The van der Waals surface area contributed by atoms with Crippen molar-refractivity contribution in [1.29, 1.82) is 0 Å². The van der Waals surface area contributed by atoms with Gasteiger partial charge in [0.05, 0.1) is 16.4 Å². The normalized spacial score (nSPS) is 26.8. The summed E-state index contributed by atoms with van der Waals surface area (Å²) in [6, 6.07) is 0. The van der Waals surface area contributed by atoms with Gasteiger partial charge in [-0.3, -0.25) is 4.79 Å². The van der Waals surface area contributed by atoms with Gasteiger partial charge in [0, 0.05) is 0 Å². The van der Waals surface area contributed by atoms with E-state index < -0.39 is 21.2 Å². The molecule has 0 spiro atoms. The molecule has 1 fully saturated rings. The first kappa shape index (κ1) is 14.5. The van der Waals surface area contributed by atoms with Crippen LogP contribution in [0.5, 0.6) is 0 Å². The summed E-state index contributed by atoms with van der Waals surface area (Å²) in [7, 11) is -3.30. The van der Waals surface area contributed by atoms with E-state index in [-0.39, 0.29) is 11.0 Å². The van der Waals surface area contributed by atoms with Crippen LogP contribution < -0.4 is 0 Å². The van der Waals surface area contributed by atoms with E-state index in [1.165, 1.54) is 13.8 Å². The average Bonchev–Trinajstić information content (AvgIpc) is 2.15. The summed E-state index contributed by atoms with van der Waals surface area (Å²) >= 11 is 0. The predicted molar refractivity (Wildman–Crippen MR) is 66.6 cm³/mol. The lowest BCUT2D eigenvalue weighted by molar-refractivity contribution is -0.145. The van der Waals surface area contributed by atoms with Crippen LogP contribution in [0.15, 0.2) is 0 Å². The second-order valence-corrected chi connectivity index (χ2v) is 8.17. The van der Waals surface area contributed by atoms with Crippen molar-refractivity contribution in [2.45, 2.75) is 51.7 Å². The fourth-order valence-electron chi connectivity index (χ4n) is 2.39. The van der Waals surface area contributed by atoms with Crippen LogP contribution in [-0.4, -0.2) is 30.5 Å². The Labute approximate surface area is 103 Å². The number of hydrogen-bond donors (Lipinski definition) is 1. The molecule has 0 aromatic carbocycles. The third-order valence-electron chi connectivity index (χ3n) is 3.54. The van der Waals surface area contributed by atoms with Gasteiger partial charge in [-0.25, -0.2) is 8.42 Å². The smallest absolute Gasteiger partial charge is 0.310 e. The minimum Gasteiger partial charge on any atom is -0.481 e. The Kier molecular flexibility index (Phi) is 4.23. The second kappa shape index (κ2) is 4.96. The monoisotopic (exact) mass is 262 g/mol. The van der Waals surface area contributed by atoms with Crippen LogP contribution in [0.2, 0.25) is 0 Å². The molecule has 4 nitrogen and oxygen atoms in total. The molecule has 2 atom stereocenters. The summed E-state index contributed by atoms with van der Waals surface area (Å²) in [6.45, 7) is 5.00. The van der Waals surface area contributed by atoms with Gasteiger partial charge in [-0.15, -0.1) is 0 Å². The molecular weight excluding hydrogens is 240 g/mol. The lowest BCUT2D eigenvalue weighted by atomic mass is 9.90. The summed E-state index contributed by atoms with van der Waals surface area (Å²) < 4.78 is 24.4. The Balaban J connectivity index is 2.78. The minimum absolute atomic E-state index is 0.257. The zero-order chi connectivity index (χ0) is 13.3. The molecule has 1 saturated carbocycles. The lowest BCUT2D eigenvalue weighted by Crippen LogP contribution is -2.38. The predicted octanol–water partition coefficient (Wildman–Crippen LogP) is 2.09. The van der Waals surface area contributed by atoms with Crippen molar-refractivity contribution < 1.29 is 18.3 Å². The molecular formula is C12H22O4S. The first-order valence-corrected chi connectivity index (χ1v) is 7.81. The van der Waals surface area contributed by atoms with Crippen LogP contribution in [0.4, 0.5) is 0 Å². The average molecular weight is 262 g/mol. The topological polar surface area (TPSA) is 71.4 Å². The van der Waals surface area contributed by atoms with Crippen LogP contribution >= 0.6 is 0 Å². The number of sulfone groups is 1. The standard InChI is InChI=1S/C12H22O4S/c1-9-5-4-6-10(7-9)17(15,16)8-12(2,3)11(13)14/h9-10H,4-8H2,1-3H3,(H,13,14). The van der Waals surface area contributed by atoms with Crippen LogP contribution in [0.25, 0.3) is 0 Å². The number of carbonyl (C=O) groups is 1. The zero-order valence-corrected chi connectivity index (χ0v) is 11.6. The van der Waals surface area contributed by atoms with Crippen molar-refractivity contribution in [3.05, 3.63) is 0 Å². The van der Waals surface area contributed by atoms with Crippen molar-refractivity contribution in [3.63, 3.8) is 0 Å². The molecule has 0 aromatic heterocycles. The SMILES string of the molecule is CC1CCCC(S(=O)(=O)CC(C)(C)C(=O)O)C1. The van der Waals surface area contributed by atoms with E-state index in [1.807, 2.05) is 0 Å². The van der Waals surface area contributed by atoms with Crippen molar-refractivity contribution in [3.8, 4) is 0 Å². The maximum absolute atomic E-state index is 12.2. The van der Waals surface area contributed by atoms with Crippen molar-refractivity contribution in [1.82, 2.24) is 0 Å². The molecule has 5 heteroatoms. The zero-order valence-electron chi connectivity index (χ0n) is 10.8. The molecule has 1 N–H and O–H groups in total. The molecule has 100 valence electrons. The largest absolute Gasteiger partial charge is 0.481 e. The van der Waals surface area contributed by atoms with Crippen molar-refractivity contribution in [2.24, 2.45) is 11.3 Å². The molecule has 0 aromatic rings. The van der Waals surface area contributed by atoms with Gasteiger partial charge in [0.15, 0.2) is 9.84 Å². The Hall–Kier alpha value is -0.580. The first-order valence-electron chi connectivity index (χ1n) is 6.10. The Morgan fingerprint density at radius 3 is 2.41 bits per heavy atom. The van der Waals surface area contributed by atoms with Crippen LogP contribution in [-0.2, 0) is 14.6 Å². The number of aliphatic carboxylic acids is 1. The molecule has 2 unspecified atom stereocenters. The van der Waals surface area contributed by atoms with E-state index in [0.717, 1.165) is 12.8 Å². The van der Waals surface area contributed by atoms with E-state index in [2.05, 4.69) is 6.92 Å². The molecule has 1 aliphatic carbocycles. The Morgan fingerprint density at radius 1 is 1.35 bits per heavy atom. The highest BCUT2D eigenvalue weighted by atomic mass is 32.2. The molecule has 1 aliphatic rings. The number of carboxylic acid groups (broad SMARTS) is 1. The lowest BCUT2D eigenvalue weighted by Gasteiger charge is -2.29. The van der Waals surface area contributed by atoms with Crippen LogP contribution in [0.3, 0.4) is 0 Å². The van der Waals surface area contributed by atoms with E-state index in [9.17, 15) is 13.2 Å². The van der Waals surface area contributed by atoms with Gasteiger partial charge >= 0.3 is 5.97 Å². The highest BCUT2D eigenvalue weighted by molar-refractivity contribution is 7.92. The molecule has 0 amide bonds. The highest BCUT2D eigenvalue weighted by Gasteiger charge is 2.38. The highest BCUT2D eigenvalue weighted by Crippen LogP contribution is 2.31. The van der Waals surface area contributed by atoms with Crippen LogP contribution in [0, 0.1) is 11.3 Å². The Morgan fingerprint density at radius 2 is 1.94 bits per heavy atom. The maximum atomic E-state index is 12.2. The third kappa shape index (κ3) is 3.69. The van der Waals surface area contributed by atoms with Gasteiger partial charge in [0.1, 0.15) is 0 Å². The second-order valence-electron chi connectivity index (χ2n) is 5.89. The van der Waals surface area contributed by atoms with Gasteiger partial charge in [0.2, 0.25) is 0 Å². The van der Waals surface area contributed by atoms with Crippen LogP contribution in [0.1, 0.15) is 46.5 Å². The van der Waals surface area contributed by atoms with Gasteiger partial charge in [-0.05, 0) is 32.6 Å². The molecule has 1 rings (SSSR count). The van der Waals surface area contributed by atoms with Gasteiger partial charge in [0.25, 0.3) is 0 Å². The van der Waals surface area contributed by atoms with Gasteiger partial charge in [-0.2, -0.15) is 0 Å².